The Hall–Kier alpha value is -4.18. The smallest absolute Gasteiger partial charge is 0.322 e. The summed E-state index contributed by atoms with van der Waals surface area (Å²) in [5.41, 5.74) is 1.39. The summed E-state index contributed by atoms with van der Waals surface area (Å²) in [6, 6.07) is 14.2. The minimum Gasteiger partial charge on any atom is -0.497 e. The number of urea groups is 1. The van der Waals surface area contributed by atoms with E-state index < -0.39 is 6.03 Å². The standard InChI is InChI=1S/C27H29N3O6S/c1-4-9-29(27(32)28-20-12-21(33-2)14-22(13-20)34-3)17-26(31)30(16-23-6-5-10-37-23)15-19-7-8-24-25(11-19)36-18-35-24/h4-8,10-14H,1,9,15-18H2,2-3H3,(H,28,32). The van der Waals surface area contributed by atoms with Crippen LogP contribution in [0.1, 0.15) is 10.4 Å². The van der Waals surface area contributed by atoms with Crippen LogP contribution in [0.25, 0.3) is 0 Å². The van der Waals surface area contributed by atoms with Gasteiger partial charge >= 0.3 is 6.03 Å². The summed E-state index contributed by atoms with van der Waals surface area (Å²) in [6.07, 6.45) is 1.58. The first kappa shape index (κ1) is 25.9. The molecular formula is C27H29N3O6S. The van der Waals surface area contributed by atoms with Crippen molar-refractivity contribution < 1.29 is 28.5 Å². The van der Waals surface area contributed by atoms with Gasteiger partial charge < -0.3 is 34.1 Å². The molecule has 1 aliphatic heterocycles. The summed E-state index contributed by atoms with van der Waals surface area (Å²) < 4.78 is 21.4. The first-order valence-electron chi connectivity index (χ1n) is 11.6. The number of nitrogens with zero attached hydrogens (tertiary/aromatic N) is 2. The predicted molar refractivity (Wildman–Crippen MR) is 141 cm³/mol. The Kier molecular flexibility index (Phi) is 8.52. The van der Waals surface area contributed by atoms with E-state index >= 15 is 0 Å². The van der Waals surface area contributed by atoms with Crippen LogP contribution in [0.4, 0.5) is 10.5 Å². The Bertz CT molecular complexity index is 1220. The molecule has 0 aliphatic carbocycles. The van der Waals surface area contributed by atoms with Gasteiger partial charge in [-0.15, -0.1) is 17.9 Å². The summed E-state index contributed by atoms with van der Waals surface area (Å²) >= 11 is 1.57. The van der Waals surface area contributed by atoms with Crippen LogP contribution in [0.5, 0.6) is 23.0 Å². The number of hydrogen-bond donors (Lipinski definition) is 1. The number of amides is 3. The zero-order chi connectivity index (χ0) is 26.2. The van der Waals surface area contributed by atoms with Crippen LogP contribution in [-0.4, -0.2) is 55.8 Å². The topological polar surface area (TPSA) is 89.6 Å². The zero-order valence-corrected chi connectivity index (χ0v) is 21.6. The molecule has 4 rings (SSSR count). The highest BCUT2D eigenvalue weighted by molar-refractivity contribution is 7.09. The molecule has 2 heterocycles. The van der Waals surface area contributed by atoms with Gasteiger partial charge in [-0.3, -0.25) is 4.79 Å². The van der Waals surface area contributed by atoms with Crippen molar-refractivity contribution in [1.82, 2.24) is 9.80 Å². The van der Waals surface area contributed by atoms with E-state index in [9.17, 15) is 9.59 Å². The van der Waals surface area contributed by atoms with Gasteiger partial charge in [0.2, 0.25) is 12.7 Å². The Morgan fingerprint density at radius 3 is 2.46 bits per heavy atom. The number of nitrogens with one attached hydrogen (secondary N) is 1. The number of ether oxygens (including phenoxy) is 4. The quantitative estimate of drug-likeness (QED) is 0.365. The van der Waals surface area contributed by atoms with Crippen molar-refractivity contribution in [2.24, 2.45) is 0 Å². The molecule has 0 radical (unpaired) electrons. The summed E-state index contributed by atoms with van der Waals surface area (Å²) in [5, 5.41) is 4.79. The molecule has 3 amide bonds. The van der Waals surface area contributed by atoms with Gasteiger partial charge in [0.05, 0.1) is 20.8 Å². The second-order valence-corrected chi connectivity index (χ2v) is 9.25. The Labute approximate surface area is 219 Å². The summed E-state index contributed by atoms with van der Waals surface area (Å²) in [4.78, 5) is 30.8. The second-order valence-electron chi connectivity index (χ2n) is 8.22. The van der Waals surface area contributed by atoms with Crippen molar-refractivity contribution in [3.8, 4) is 23.0 Å². The lowest BCUT2D eigenvalue weighted by atomic mass is 10.2. The van der Waals surface area contributed by atoms with Crippen molar-refractivity contribution >= 4 is 29.0 Å². The van der Waals surface area contributed by atoms with Gasteiger partial charge in [-0.1, -0.05) is 18.2 Å². The maximum Gasteiger partial charge on any atom is 0.322 e. The van der Waals surface area contributed by atoms with Gasteiger partial charge in [-0.25, -0.2) is 4.79 Å². The number of methoxy groups -OCH3 is 2. The molecule has 0 saturated heterocycles. The molecule has 37 heavy (non-hydrogen) atoms. The highest BCUT2D eigenvalue weighted by Crippen LogP contribution is 2.33. The molecule has 194 valence electrons. The fourth-order valence-electron chi connectivity index (χ4n) is 3.80. The van der Waals surface area contributed by atoms with Crippen molar-refractivity contribution in [3.63, 3.8) is 0 Å². The van der Waals surface area contributed by atoms with E-state index in [1.165, 1.54) is 19.1 Å². The molecule has 1 aliphatic rings. The molecule has 1 aromatic heterocycles. The van der Waals surface area contributed by atoms with Crippen molar-refractivity contribution in [3.05, 3.63) is 77.0 Å². The molecule has 0 fully saturated rings. The summed E-state index contributed by atoms with van der Waals surface area (Å²) in [6.45, 7) is 4.76. The van der Waals surface area contributed by atoms with Crippen LogP contribution in [0.3, 0.4) is 0 Å². The van der Waals surface area contributed by atoms with E-state index in [1.54, 1.807) is 40.5 Å². The maximum atomic E-state index is 13.5. The van der Waals surface area contributed by atoms with E-state index in [1.807, 2.05) is 35.7 Å². The van der Waals surface area contributed by atoms with E-state index in [0.717, 1.165) is 10.4 Å². The number of thiophene rings is 1. The number of carbonyl (C=O) groups is 2. The van der Waals surface area contributed by atoms with E-state index in [4.69, 9.17) is 18.9 Å². The SMILES string of the molecule is C=CCN(CC(=O)N(Cc1ccc2c(c1)OCO2)Cc1cccs1)C(=O)Nc1cc(OC)cc(OC)c1. The van der Waals surface area contributed by atoms with Crippen molar-refractivity contribution in [2.45, 2.75) is 13.1 Å². The number of anilines is 1. The fraction of sp³-hybridized carbons (Fsp3) is 0.259. The van der Waals surface area contributed by atoms with Crippen LogP contribution in [0, 0.1) is 0 Å². The number of hydrogen-bond acceptors (Lipinski definition) is 7. The molecule has 3 aromatic rings. The number of rotatable bonds is 11. The molecule has 0 unspecified atom stereocenters. The average Bonchev–Trinajstić information content (AvgIpc) is 3.59. The number of carbonyl (C=O) groups excluding carboxylic acids is 2. The molecule has 1 N–H and O–H groups in total. The highest BCUT2D eigenvalue weighted by atomic mass is 32.1. The van der Waals surface area contributed by atoms with E-state index in [-0.39, 0.29) is 25.8 Å². The monoisotopic (exact) mass is 523 g/mol. The molecular weight excluding hydrogens is 494 g/mol. The van der Waals surface area contributed by atoms with Crippen LogP contribution >= 0.6 is 11.3 Å². The third-order valence-corrected chi connectivity index (χ3v) is 6.52. The lowest BCUT2D eigenvalue weighted by Gasteiger charge is -2.27. The lowest BCUT2D eigenvalue weighted by molar-refractivity contribution is -0.132. The van der Waals surface area contributed by atoms with E-state index in [2.05, 4.69) is 11.9 Å². The van der Waals surface area contributed by atoms with Crippen molar-refractivity contribution in [1.29, 1.82) is 0 Å². The second kappa shape index (κ2) is 12.2. The third-order valence-electron chi connectivity index (χ3n) is 5.66. The first-order valence-corrected chi connectivity index (χ1v) is 12.5. The van der Waals surface area contributed by atoms with Crippen molar-refractivity contribution in [2.75, 3.05) is 39.4 Å². The van der Waals surface area contributed by atoms with Crippen LogP contribution < -0.4 is 24.3 Å². The first-order chi connectivity index (χ1) is 18.0. The Balaban J connectivity index is 1.50. The normalized spacial score (nSPS) is 11.5. The molecule has 2 aromatic carbocycles. The van der Waals surface area contributed by atoms with Gasteiger partial charge in [-0.2, -0.15) is 0 Å². The number of benzene rings is 2. The lowest BCUT2D eigenvalue weighted by Crippen LogP contribution is -2.44. The largest absolute Gasteiger partial charge is 0.497 e. The Morgan fingerprint density at radius 2 is 1.78 bits per heavy atom. The molecule has 10 heteroatoms. The fourth-order valence-corrected chi connectivity index (χ4v) is 4.52. The highest BCUT2D eigenvalue weighted by Gasteiger charge is 2.23. The summed E-state index contributed by atoms with van der Waals surface area (Å²) in [7, 11) is 3.07. The molecule has 0 bridgehead atoms. The van der Waals surface area contributed by atoms with Crippen LogP contribution in [-0.2, 0) is 17.9 Å². The van der Waals surface area contributed by atoms with Crippen LogP contribution in [0.15, 0.2) is 66.6 Å². The van der Waals surface area contributed by atoms with Crippen LogP contribution in [0.2, 0.25) is 0 Å². The third kappa shape index (κ3) is 6.73. The van der Waals surface area contributed by atoms with Gasteiger partial charge in [0.25, 0.3) is 0 Å². The molecule has 0 saturated carbocycles. The molecule has 9 nitrogen and oxygen atoms in total. The zero-order valence-electron chi connectivity index (χ0n) is 20.8. The van der Waals surface area contributed by atoms with E-state index in [0.29, 0.717) is 41.8 Å². The Morgan fingerprint density at radius 1 is 1.03 bits per heavy atom. The number of fused-ring (bicyclic) bond motifs is 1. The molecule has 0 atom stereocenters. The summed E-state index contributed by atoms with van der Waals surface area (Å²) in [5.74, 6) is 2.20. The minimum atomic E-state index is -0.442. The average molecular weight is 524 g/mol. The molecule has 0 spiro atoms. The predicted octanol–water partition coefficient (Wildman–Crippen LogP) is 4.74. The minimum absolute atomic E-state index is 0.130. The van der Waals surface area contributed by atoms with Gasteiger partial charge in [0, 0.05) is 41.9 Å². The van der Waals surface area contributed by atoms with Gasteiger partial charge in [-0.05, 0) is 29.1 Å². The maximum absolute atomic E-state index is 13.5. The van der Waals surface area contributed by atoms with Gasteiger partial charge in [0.15, 0.2) is 11.5 Å². The van der Waals surface area contributed by atoms with Gasteiger partial charge in [0.1, 0.15) is 18.0 Å².